The number of nitrogens with zero attached hydrogens (tertiary/aromatic N) is 1. The Morgan fingerprint density at radius 2 is 1.91 bits per heavy atom. The second-order valence-electron chi connectivity index (χ2n) is 4.91. The van der Waals surface area contributed by atoms with Gasteiger partial charge in [0.15, 0.2) is 0 Å². The lowest BCUT2D eigenvalue weighted by Crippen LogP contribution is -2.16. The SMILES string of the molecule is CCC/C=C(C(\O)=C/CO)/C(Cc1ccccc1)=N/NCC. The topological polar surface area (TPSA) is 64.8 Å². The van der Waals surface area contributed by atoms with Gasteiger partial charge in [-0.1, -0.05) is 49.8 Å². The van der Waals surface area contributed by atoms with Crippen LogP contribution in [0, 0.1) is 0 Å². The molecule has 0 aliphatic rings. The number of hydrogen-bond donors (Lipinski definition) is 3. The van der Waals surface area contributed by atoms with Gasteiger partial charge in [-0.05, 0) is 25.0 Å². The molecule has 0 unspecified atom stereocenters. The maximum Gasteiger partial charge on any atom is 0.122 e. The molecule has 4 nitrogen and oxygen atoms in total. The van der Waals surface area contributed by atoms with Crippen LogP contribution in [0.2, 0.25) is 0 Å². The van der Waals surface area contributed by atoms with Crippen LogP contribution in [0.4, 0.5) is 0 Å². The molecule has 0 saturated heterocycles. The summed E-state index contributed by atoms with van der Waals surface area (Å²) in [5.74, 6) is 0.0727. The minimum absolute atomic E-state index is 0.0727. The standard InChI is InChI=1S/C18H26N2O2/c1-3-5-11-16(18(22)12-13-21)17(20-19-4-2)14-15-9-7-6-8-10-15/h6-12,19,21-22H,3-5,13-14H2,1-2H3/b16-11-,18-12+,20-17+. The predicted octanol–water partition coefficient (Wildman–Crippen LogP) is 3.36. The van der Waals surface area contributed by atoms with E-state index >= 15 is 0 Å². The van der Waals surface area contributed by atoms with Crippen LogP contribution < -0.4 is 5.43 Å². The van der Waals surface area contributed by atoms with E-state index in [1.54, 1.807) is 0 Å². The Labute approximate surface area is 132 Å². The molecule has 4 heteroatoms. The van der Waals surface area contributed by atoms with Crippen LogP contribution in [0.1, 0.15) is 32.3 Å². The zero-order valence-corrected chi connectivity index (χ0v) is 13.4. The maximum absolute atomic E-state index is 10.2. The normalized spacial score (nSPS) is 13.3. The van der Waals surface area contributed by atoms with Gasteiger partial charge < -0.3 is 15.6 Å². The highest BCUT2D eigenvalue weighted by Crippen LogP contribution is 2.15. The average molecular weight is 302 g/mol. The number of hydrogen-bond acceptors (Lipinski definition) is 4. The molecular weight excluding hydrogens is 276 g/mol. The van der Waals surface area contributed by atoms with Gasteiger partial charge in [0, 0.05) is 18.5 Å². The van der Waals surface area contributed by atoms with Gasteiger partial charge in [-0.2, -0.15) is 5.10 Å². The Morgan fingerprint density at radius 3 is 2.50 bits per heavy atom. The van der Waals surface area contributed by atoms with E-state index in [1.807, 2.05) is 43.3 Å². The lowest BCUT2D eigenvalue weighted by Gasteiger charge is -2.12. The van der Waals surface area contributed by atoms with Crippen molar-refractivity contribution < 1.29 is 10.2 Å². The van der Waals surface area contributed by atoms with E-state index in [0.29, 0.717) is 18.5 Å². The van der Waals surface area contributed by atoms with E-state index in [1.165, 1.54) is 6.08 Å². The van der Waals surface area contributed by atoms with Crippen molar-refractivity contribution in [3.63, 3.8) is 0 Å². The fourth-order valence-corrected chi connectivity index (χ4v) is 2.01. The van der Waals surface area contributed by atoms with Crippen molar-refractivity contribution >= 4 is 5.71 Å². The Balaban J connectivity index is 3.12. The number of benzene rings is 1. The second kappa shape index (κ2) is 10.6. The second-order valence-corrected chi connectivity index (χ2v) is 4.91. The number of aliphatic hydroxyl groups excluding tert-OH is 2. The summed E-state index contributed by atoms with van der Waals surface area (Å²) in [6.45, 7) is 4.57. The zero-order valence-electron chi connectivity index (χ0n) is 13.4. The first-order valence-electron chi connectivity index (χ1n) is 7.77. The lowest BCUT2D eigenvalue weighted by molar-refractivity contribution is 0.332. The summed E-state index contributed by atoms with van der Waals surface area (Å²) in [6, 6.07) is 10.0. The Kier molecular flexibility index (Phi) is 8.69. The quantitative estimate of drug-likeness (QED) is 0.284. The number of hydrazone groups is 1. The summed E-state index contributed by atoms with van der Waals surface area (Å²) in [5, 5.41) is 23.7. The van der Waals surface area contributed by atoms with Crippen LogP contribution in [0.3, 0.4) is 0 Å². The number of rotatable bonds is 9. The fourth-order valence-electron chi connectivity index (χ4n) is 2.01. The summed E-state index contributed by atoms with van der Waals surface area (Å²) >= 11 is 0. The first-order chi connectivity index (χ1) is 10.7. The molecule has 1 rings (SSSR count). The van der Waals surface area contributed by atoms with Gasteiger partial charge in [-0.15, -0.1) is 0 Å². The highest BCUT2D eigenvalue weighted by atomic mass is 16.3. The molecule has 22 heavy (non-hydrogen) atoms. The largest absolute Gasteiger partial charge is 0.508 e. The molecule has 1 aromatic rings. The van der Waals surface area contributed by atoms with E-state index in [-0.39, 0.29) is 12.4 Å². The first-order valence-corrected chi connectivity index (χ1v) is 7.77. The van der Waals surface area contributed by atoms with Gasteiger partial charge in [0.1, 0.15) is 5.76 Å². The number of aliphatic hydroxyl groups is 2. The third-order valence-electron chi connectivity index (χ3n) is 3.10. The van der Waals surface area contributed by atoms with Crippen molar-refractivity contribution in [1.82, 2.24) is 5.43 Å². The molecule has 3 N–H and O–H groups in total. The first kappa shape index (κ1) is 18.0. The summed E-state index contributed by atoms with van der Waals surface area (Å²) in [5.41, 5.74) is 5.54. The van der Waals surface area contributed by atoms with Crippen LogP contribution in [-0.2, 0) is 6.42 Å². The average Bonchev–Trinajstić information content (AvgIpc) is 2.54. The Hall–Kier alpha value is -2.07. The Bertz CT molecular complexity index is 519. The van der Waals surface area contributed by atoms with Crippen LogP contribution >= 0.6 is 0 Å². The van der Waals surface area contributed by atoms with E-state index in [2.05, 4.69) is 17.5 Å². The van der Waals surface area contributed by atoms with Gasteiger partial charge in [-0.25, -0.2) is 0 Å². The van der Waals surface area contributed by atoms with Crippen LogP contribution in [0.15, 0.2) is 58.9 Å². The summed E-state index contributed by atoms with van der Waals surface area (Å²) in [4.78, 5) is 0. The van der Waals surface area contributed by atoms with Gasteiger partial charge in [-0.3, -0.25) is 0 Å². The van der Waals surface area contributed by atoms with Crippen LogP contribution in [0.25, 0.3) is 0 Å². The predicted molar refractivity (Wildman–Crippen MR) is 92.0 cm³/mol. The number of unbranched alkanes of at least 4 members (excludes halogenated alkanes) is 1. The summed E-state index contributed by atoms with van der Waals surface area (Å²) < 4.78 is 0. The molecule has 1 aromatic carbocycles. The summed E-state index contributed by atoms with van der Waals surface area (Å²) in [6.07, 6.45) is 5.82. The van der Waals surface area contributed by atoms with Crippen LogP contribution in [0.5, 0.6) is 0 Å². The van der Waals surface area contributed by atoms with Gasteiger partial charge >= 0.3 is 0 Å². The van der Waals surface area contributed by atoms with Crippen molar-refractivity contribution in [2.75, 3.05) is 13.2 Å². The maximum atomic E-state index is 10.2. The van der Waals surface area contributed by atoms with Gasteiger partial charge in [0.05, 0.1) is 12.3 Å². The zero-order chi connectivity index (χ0) is 16.2. The van der Waals surface area contributed by atoms with E-state index in [4.69, 9.17) is 5.11 Å². The molecule has 120 valence electrons. The van der Waals surface area contributed by atoms with E-state index < -0.39 is 0 Å². The smallest absolute Gasteiger partial charge is 0.122 e. The molecular formula is C18H26N2O2. The van der Waals surface area contributed by atoms with Crippen molar-refractivity contribution in [3.8, 4) is 0 Å². The molecule has 0 bridgehead atoms. The number of nitrogens with one attached hydrogen (secondary N) is 1. The number of allylic oxidation sites excluding steroid dienone is 2. The van der Waals surface area contributed by atoms with E-state index in [9.17, 15) is 5.11 Å². The molecule has 0 aromatic heterocycles. The Morgan fingerprint density at radius 1 is 1.18 bits per heavy atom. The molecule has 0 saturated carbocycles. The molecule has 0 fully saturated rings. The van der Waals surface area contributed by atoms with Crippen molar-refractivity contribution in [3.05, 3.63) is 59.4 Å². The molecule has 0 atom stereocenters. The third-order valence-corrected chi connectivity index (χ3v) is 3.10. The van der Waals surface area contributed by atoms with Crippen molar-refractivity contribution in [1.29, 1.82) is 0 Å². The fraction of sp³-hybridized carbons (Fsp3) is 0.389. The molecule has 0 spiro atoms. The highest BCUT2D eigenvalue weighted by molar-refractivity contribution is 6.04. The summed E-state index contributed by atoms with van der Waals surface area (Å²) in [7, 11) is 0. The molecule has 0 aliphatic carbocycles. The van der Waals surface area contributed by atoms with Gasteiger partial charge in [0.25, 0.3) is 0 Å². The minimum atomic E-state index is -0.199. The van der Waals surface area contributed by atoms with Crippen molar-refractivity contribution in [2.24, 2.45) is 5.10 Å². The van der Waals surface area contributed by atoms with E-state index in [0.717, 1.165) is 24.1 Å². The molecule has 0 aliphatic heterocycles. The van der Waals surface area contributed by atoms with Gasteiger partial charge in [0.2, 0.25) is 0 Å². The van der Waals surface area contributed by atoms with Crippen LogP contribution in [-0.4, -0.2) is 29.1 Å². The third kappa shape index (κ3) is 6.14. The minimum Gasteiger partial charge on any atom is -0.508 e. The molecule has 0 heterocycles. The monoisotopic (exact) mass is 302 g/mol. The molecule has 0 radical (unpaired) electrons. The molecule has 0 amide bonds. The van der Waals surface area contributed by atoms with Crippen molar-refractivity contribution in [2.45, 2.75) is 33.1 Å². The lowest BCUT2D eigenvalue weighted by atomic mass is 9.99. The highest BCUT2D eigenvalue weighted by Gasteiger charge is 2.12.